The molecule has 0 saturated heterocycles. The van der Waals surface area contributed by atoms with E-state index in [1.165, 1.54) is 16.2 Å². The van der Waals surface area contributed by atoms with Gasteiger partial charge in [-0.2, -0.15) is 0 Å². The molecule has 5 heteroatoms. The molecule has 104 valence electrons. The molecular weight excluding hydrogens is 284 g/mol. The van der Waals surface area contributed by atoms with Gasteiger partial charge in [0, 0.05) is 11.9 Å². The minimum Gasteiger partial charge on any atom is -0.298 e. The van der Waals surface area contributed by atoms with Crippen LogP contribution in [0.3, 0.4) is 0 Å². The summed E-state index contributed by atoms with van der Waals surface area (Å²) in [7, 11) is 0. The normalized spacial score (nSPS) is 10.7. The van der Waals surface area contributed by atoms with Crippen molar-refractivity contribution in [2.24, 2.45) is 0 Å². The summed E-state index contributed by atoms with van der Waals surface area (Å²) in [6.45, 7) is 0. The number of aromatic nitrogens is 2. The number of carbonyl (C=O) groups excluding carboxylic acids is 1. The molecule has 0 fully saturated rings. The molecule has 0 aliphatic heterocycles. The number of aldehydes is 1. The van der Waals surface area contributed by atoms with Gasteiger partial charge in [-0.15, -0.1) is 11.8 Å². The van der Waals surface area contributed by atoms with Crippen molar-refractivity contribution >= 4 is 23.7 Å². The first kappa shape index (κ1) is 13.6. The molecule has 2 heterocycles. The van der Waals surface area contributed by atoms with Gasteiger partial charge < -0.3 is 0 Å². The van der Waals surface area contributed by atoms with Crippen LogP contribution in [-0.2, 0) is 5.75 Å². The fourth-order valence-electron chi connectivity index (χ4n) is 2.02. The van der Waals surface area contributed by atoms with Crippen molar-refractivity contribution in [1.29, 1.82) is 0 Å². The van der Waals surface area contributed by atoms with Crippen LogP contribution >= 0.6 is 11.8 Å². The molecule has 0 spiro atoms. The largest absolute Gasteiger partial charge is 0.298 e. The van der Waals surface area contributed by atoms with Crippen LogP contribution in [0.5, 0.6) is 0 Å². The third kappa shape index (κ3) is 2.73. The van der Waals surface area contributed by atoms with Crippen LogP contribution in [0, 0.1) is 0 Å². The average molecular weight is 296 g/mol. The van der Waals surface area contributed by atoms with E-state index in [1.54, 1.807) is 18.3 Å². The molecule has 0 aliphatic rings. The standard InChI is InChI=1S/C16H12N2O2S/c19-10-13-15(21-11-12-6-2-1-3-7-12)17-14-8-4-5-9-18(14)16(13)20/h1-10H,11H2. The number of hydrogen-bond acceptors (Lipinski definition) is 4. The predicted molar refractivity (Wildman–Crippen MR) is 82.9 cm³/mol. The van der Waals surface area contributed by atoms with Crippen LogP contribution in [0.4, 0.5) is 0 Å². The van der Waals surface area contributed by atoms with Gasteiger partial charge >= 0.3 is 0 Å². The highest BCUT2D eigenvalue weighted by Crippen LogP contribution is 2.22. The Labute approximate surface area is 125 Å². The lowest BCUT2D eigenvalue weighted by Crippen LogP contribution is -2.20. The van der Waals surface area contributed by atoms with Gasteiger partial charge in [0.1, 0.15) is 16.2 Å². The van der Waals surface area contributed by atoms with E-state index in [0.29, 0.717) is 22.7 Å². The molecular formula is C16H12N2O2S. The van der Waals surface area contributed by atoms with Gasteiger partial charge in [0.15, 0.2) is 6.29 Å². The highest BCUT2D eigenvalue weighted by Gasteiger charge is 2.12. The van der Waals surface area contributed by atoms with E-state index in [9.17, 15) is 9.59 Å². The number of carbonyl (C=O) groups is 1. The van der Waals surface area contributed by atoms with Gasteiger partial charge in [0.2, 0.25) is 0 Å². The van der Waals surface area contributed by atoms with E-state index in [0.717, 1.165) is 5.56 Å². The molecule has 0 atom stereocenters. The second-order valence-electron chi connectivity index (χ2n) is 4.46. The van der Waals surface area contributed by atoms with Gasteiger partial charge in [-0.05, 0) is 17.7 Å². The van der Waals surface area contributed by atoms with Crippen LogP contribution in [0.2, 0.25) is 0 Å². The molecule has 3 rings (SSSR count). The van der Waals surface area contributed by atoms with Crippen LogP contribution < -0.4 is 5.56 Å². The topological polar surface area (TPSA) is 51.4 Å². The highest BCUT2D eigenvalue weighted by molar-refractivity contribution is 7.98. The summed E-state index contributed by atoms with van der Waals surface area (Å²) in [5.41, 5.74) is 1.45. The number of fused-ring (bicyclic) bond motifs is 1. The maximum absolute atomic E-state index is 12.3. The van der Waals surface area contributed by atoms with Crippen LogP contribution in [0.25, 0.3) is 5.65 Å². The van der Waals surface area contributed by atoms with Crippen molar-refractivity contribution < 1.29 is 4.79 Å². The average Bonchev–Trinajstić information content (AvgIpc) is 2.54. The first-order chi connectivity index (χ1) is 10.3. The van der Waals surface area contributed by atoms with Crippen molar-refractivity contribution in [3.8, 4) is 0 Å². The lowest BCUT2D eigenvalue weighted by molar-refractivity contribution is 0.111. The Bertz CT molecular complexity index is 844. The Balaban J connectivity index is 2.01. The van der Waals surface area contributed by atoms with Gasteiger partial charge in [-0.25, -0.2) is 4.98 Å². The molecule has 2 aromatic heterocycles. The van der Waals surface area contributed by atoms with Crippen LogP contribution in [0.15, 0.2) is 64.5 Å². The molecule has 4 nitrogen and oxygen atoms in total. The zero-order valence-electron chi connectivity index (χ0n) is 11.1. The third-order valence-corrected chi connectivity index (χ3v) is 4.13. The van der Waals surface area contributed by atoms with E-state index in [-0.39, 0.29) is 11.1 Å². The van der Waals surface area contributed by atoms with Crippen LogP contribution in [0.1, 0.15) is 15.9 Å². The van der Waals surface area contributed by atoms with Crippen molar-refractivity contribution in [2.75, 3.05) is 0 Å². The lowest BCUT2D eigenvalue weighted by atomic mass is 10.2. The first-order valence-corrected chi connectivity index (χ1v) is 7.41. The zero-order chi connectivity index (χ0) is 14.7. The summed E-state index contributed by atoms with van der Waals surface area (Å²) >= 11 is 1.40. The Morgan fingerprint density at radius 2 is 1.86 bits per heavy atom. The van der Waals surface area contributed by atoms with Crippen molar-refractivity contribution in [3.63, 3.8) is 0 Å². The van der Waals surface area contributed by atoms with Gasteiger partial charge in [-0.1, -0.05) is 36.4 Å². The van der Waals surface area contributed by atoms with E-state index < -0.39 is 0 Å². The van der Waals surface area contributed by atoms with Gasteiger partial charge in [0.05, 0.1) is 0 Å². The molecule has 0 radical (unpaired) electrons. The third-order valence-electron chi connectivity index (χ3n) is 3.07. The molecule has 21 heavy (non-hydrogen) atoms. The fraction of sp³-hybridized carbons (Fsp3) is 0.0625. The lowest BCUT2D eigenvalue weighted by Gasteiger charge is -2.06. The number of benzene rings is 1. The Hall–Kier alpha value is -2.40. The summed E-state index contributed by atoms with van der Waals surface area (Å²) in [6.07, 6.45) is 2.20. The summed E-state index contributed by atoms with van der Waals surface area (Å²) in [4.78, 5) is 27.9. The number of hydrogen-bond donors (Lipinski definition) is 0. The van der Waals surface area contributed by atoms with Gasteiger partial charge in [0.25, 0.3) is 5.56 Å². The SMILES string of the molecule is O=Cc1c(SCc2ccccc2)nc2ccccn2c1=O. The van der Waals surface area contributed by atoms with Crippen molar-refractivity contribution in [2.45, 2.75) is 10.8 Å². The fourth-order valence-corrected chi connectivity index (χ4v) is 2.96. The second kappa shape index (κ2) is 5.93. The van der Waals surface area contributed by atoms with Crippen molar-refractivity contribution in [1.82, 2.24) is 9.38 Å². The summed E-state index contributed by atoms with van der Waals surface area (Å²) in [5.74, 6) is 0.664. The molecule has 0 aliphatic carbocycles. The van der Waals surface area contributed by atoms with E-state index in [4.69, 9.17) is 0 Å². The minimum absolute atomic E-state index is 0.111. The predicted octanol–water partition coefficient (Wildman–Crippen LogP) is 2.80. The van der Waals surface area contributed by atoms with E-state index in [2.05, 4.69) is 4.98 Å². The highest BCUT2D eigenvalue weighted by atomic mass is 32.2. The summed E-state index contributed by atoms with van der Waals surface area (Å²) in [6, 6.07) is 15.2. The molecule has 0 N–H and O–H groups in total. The maximum atomic E-state index is 12.3. The second-order valence-corrected chi connectivity index (χ2v) is 5.42. The molecule has 1 aromatic carbocycles. The number of pyridine rings is 1. The molecule has 0 unspecified atom stereocenters. The van der Waals surface area contributed by atoms with E-state index in [1.807, 2.05) is 36.4 Å². The minimum atomic E-state index is -0.328. The quantitative estimate of drug-likeness (QED) is 0.422. The van der Waals surface area contributed by atoms with Gasteiger partial charge in [-0.3, -0.25) is 14.0 Å². The van der Waals surface area contributed by atoms with Crippen LogP contribution in [-0.4, -0.2) is 15.7 Å². The molecule has 0 saturated carbocycles. The Morgan fingerprint density at radius 3 is 2.62 bits per heavy atom. The smallest absolute Gasteiger partial charge is 0.269 e. The molecule has 3 aromatic rings. The summed E-state index contributed by atoms with van der Waals surface area (Å²) < 4.78 is 1.39. The maximum Gasteiger partial charge on any atom is 0.269 e. The number of nitrogens with zero attached hydrogens (tertiary/aromatic N) is 2. The Morgan fingerprint density at radius 1 is 1.10 bits per heavy atom. The molecule has 0 amide bonds. The Kier molecular flexibility index (Phi) is 3.83. The molecule has 0 bridgehead atoms. The number of rotatable bonds is 4. The van der Waals surface area contributed by atoms with Crippen molar-refractivity contribution in [3.05, 3.63) is 76.2 Å². The first-order valence-electron chi connectivity index (χ1n) is 6.43. The number of thioether (sulfide) groups is 1. The van der Waals surface area contributed by atoms with E-state index >= 15 is 0 Å². The zero-order valence-corrected chi connectivity index (χ0v) is 11.9. The summed E-state index contributed by atoms with van der Waals surface area (Å²) in [5, 5.41) is 0.477. The monoisotopic (exact) mass is 296 g/mol.